The standard InChI is InChI=1S/C21H28N4O3/c1-2-28-21(27)18-14-19(25(22-18)17-6-4-3-5-7-17)20(26)24-12-10-23(11-13-24)15-16-8-9-16/h3-7,16,19H,2,8-15H2,1H3. The first-order valence-electron chi connectivity index (χ1n) is 10.3. The molecular weight excluding hydrogens is 356 g/mol. The largest absolute Gasteiger partial charge is 0.461 e. The maximum atomic E-state index is 13.3. The van der Waals surface area contributed by atoms with Crippen LogP contribution in [-0.4, -0.2) is 72.8 Å². The maximum absolute atomic E-state index is 13.3. The van der Waals surface area contributed by atoms with Crippen molar-refractivity contribution in [1.29, 1.82) is 0 Å². The van der Waals surface area contributed by atoms with Crippen molar-refractivity contribution in [3.63, 3.8) is 0 Å². The lowest BCUT2D eigenvalue weighted by Crippen LogP contribution is -2.53. The number of hydrogen-bond donors (Lipinski definition) is 0. The minimum atomic E-state index is -0.489. The number of amides is 1. The Kier molecular flexibility index (Phi) is 5.62. The zero-order chi connectivity index (χ0) is 19.5. The molecule has 0 N–H and O–H groups in total. The third kappa shape index (κ3) is 4.19. The molecule has 0 spiro atoms. The molecule has 1 aliphatic carbocycles. The molecule has 2 fully saturated rings. The number of benzene rings is 1. The molecule has 2 heterocycles. The number of piperazine rings is 1. The molecule has 1 aromatic rings. The summed E-state index contributed by atoms with van der Waals surface area (Å²) in [4.78, 5) is 29.9. The van der Waals surface area contributed by atoms with Crippen LogP contribution in [0.25, 0.3) is 0 Å². The van der Waals surface area contributed by atoms with Gasteiger partial charge < -0.3 is 9.64 Å². The second-order valence-corrected chi connectivity index (χ2v) is 7.74. The highest BCUT2D eigenvalue weighted by Crippen LogP contribution is 2.30. The fourth-order valence-electron chi connectivity index (χ4n) is 3.89. The fourth-order valence-corrected chi connectivity index (χ4v) is 3.89. The normalized spacial score (nSPS) is 22.9. The molecule has 7 nitrogen and oxygen atoms in total. The Hall–Kier alpha value is -2.41. The lowest BCUT2D eigenvalue weighted by Gasteiger charge is -2.37. The Labute approximate surface area is 165 Å². The van der Waals surface area contributed by atoms with Gasteiger partial charge in [0.25, 0.3) is 0 Å². The highest BCUT2D eigenvalue weighted by molar-refractivity contribution is 6.38. The van der Waals surface area contributed by atoms with Crippen LogP contribution in [0, 0.1) is 5.92 Å². The van der Waals surface area contributed by atoms with E-state index in [-0.39, 0.29) is 12.3 Å². The molecule has 2 aliphatic heterocycles. The summed E-state index contributed by atoms with van der Waals surface area (Å²) >= 11 is 0. The molecule has 28 heavy (non-hydrogen) atoms. The first-order valence-corrected chi connectivity index (χ1v) is 10.3. The first-order chi connectivity index (χ1) is 13.7. The summed E-state index contributed by atoms with van der Waals surface area (Å²) in [6.07, 6.45) is 2.98. The highest BCUT2D eigenvalue weighted by Gasteiger charge is 2.39. The van der Waals surface area contributed by atoms with Crippen LogP contribution in [0.3, 0.4) is 0 Å². The number of anilines is 1. The molecule has 1 atom stereocenters. The van der Waals surface area contributed by atoms with Crippen molar-refractivity contribution in [2.24, 2.45) is 11.0 Å². The molecule has 1 unspecified atom stereocenters. The Balaban J connectivity index is 1.45. The average molecular weight is 384 g/mol. The first kappa shape index (κ1) is 18.9. The van der Waals surface area contributed by atoms with Gasteiger partial charge in [-0.3, -0.25) is 14.7 Å². The molecule has 1 amide bonds. The van der Waals surface area contributed by atoms with Gasteiger partial charge in [-0.05, 0) is 37.8 Å². The van der Waals surface area contributed by atoms with Gasteiger partial charge in [0.2, 0.25) is 5.91 Å². The second kappa shape index (κ2) is 8.31. The minimum absolute atomic E-state index is 0.0398. The topological polar surface area (TPSA) is 65.5 Å². The molecular formula is C21H28N4O3. The van der Waals surface area contributed by atoms with Crippen molar-refractivity contribution < 1.29 is 14.3 Å². The van der Waals surface area contributed by atoms with E-state index in [1.54, 1.807) is 11.9 Å². The third-order valence-electron chi connectivity index (χ3n) is 5.62. The van der Waals surface area contributed by atoms with Crippen LogP contribution in [0.4, 0.5) is 5.69 Å². The highest BCUT2D eigenvalue weighted by atomic mass is 16.5. The number of para-hydroxylation sites is 1. The van der Waals surface area contributed by atoms with E-state index in [1.165, 1.54) is 12.8 Å². The number of hydrogen-bond acceptors (Lipinski definition) is 6. The van der Waals surface area contributed by atoms with Gasteiger partial charge in [-0.2, -0.15) is 5.10 Å². The predicted octanol–water partition coefficient (Wildman–Crippen LogP) is 1.74. The van der Waals surface area contributed by atoms with Gasteiger partial charge in [0.1, 0.15) is 11.8 Å². The zero-order valence-electron chi connectivity index (χ0n) is 16.4. The van der Waals surface area contributed by atoms with E-state index < -0.39 is 12.0 Å². The van der Waals surface area contributed by atoms with Gasteiger partial charge in [0, 0.05) is 39.1 Å². The lowest BCUT2D eigenvalue weighted by atomic mass is 10.1. The van der Waals surface area contributed by atoms with Crippen molar-refractivity contribution in [3.8, 4) is 0 Å². The van der Waals surface area contributed by atoms with Crippen molar-refractivity contribution in [3.05, 3.63) is 30.3 Å². The summed E-state index contributed by atoms with van der Waals surface area (Å²) < 4.78 is 5.11. The summed E-state index contributed by atoms with van der Waals surface area (Å²) in [5, 5.41) is 6.14. The molecule has 0 aromatic heterocycles. The van der Waals surface area contributed by atoms with Gasteiger partial charge in [-0.25, -0.2) is 4.79 Å². The van der Waals surface area contributed by atoms with E-state index in [0.717, 1.165) is 44.3 Å². The molecule has 3 aliphatic rings. The predicted molar refractivity (Wildman–Crippen MR) is 107 cm³/mol. The monoisotopic (exact) mass is 384 g/mol. The Bertz CT molecular complexity index is 739. The average Bonchev–Trinajstić information content (AvgIpc) is 3.42. The fraction of sp³-hybridized carbons (Fsp3) is 0.571. The van der Waals surface area contributed by atoms with Crippen LogP contribution in [0.2, 0.25) is 0 Å². The van der Waals surface area contributed by atoms with E-state index in [9.17, 15) is 9.59 Å². The van der Waals surface area contributed by atoms with Crippen molar-refractivity contribution >= 4 is 23.3 Å². The van der Waals surface area contributed by atoms with Crippen LogP contribution in [0.15, 0.2) is 35.4 Å². The van der Waals surface area contributed by atoms with E-state index in [4.69, 9.17) is 4.74 Å². The van der Waals surface area contributed by atoms with Crippen molar-refractivity contribution in [2.75, 3.05) is 44.3 Å². The number of carbonyl (C=O) groups is 2. The zero-order valence-corrected chi connectivity index (χ0v) is 16.4. The summed E-state index contributed by atoms with van der Waals surface area (Å²) in [5.41, 5.74) is 1.13. The third-order valence-corrected chi connectivity index (χ3v) is 5.62. The second-order valence-electron chi connectivity index (χ2n) is 7.74. The van der Waals surface area contributed by atoms with Gasteiger partial charge in [0.15, 0.2) is 0 Å². The number of nitrogens with zero attached hydrogens (tertiary/aromatic N) is 4. The van der Waals surface area contributed by atoms with Crippen LogP contribution in [0.1, 0.15) is 26.2 Å². The van der Waals surface area contributed by atoms with Crippen molar-refractivity contribution in [1.82, 2.24) is 9.80 Å². The van der Waals surface area contributed by atoms with Gasteiger partial charge in [-0.1, -0.05) is 18.2 Å². The number of rotatable bonds is 6. The summed E-state index contributed by atoms with van der Waals surface area (Å²) in [6, 6.07) is 9.07. The Morgan fingerprint density at radius 2 is 1.82 bits per heavy atom. The van der Waals surface area contributed by atoms with Gasteiger partial charge in [-0.15, -0.1) is 0 Å². The van der Waals surface area contributed by atoms with Crippen LogP contribution in [-0.2, 0) is 14.3 Å². The number of ether oxygens (including phenoxy) is 1. The number of carbonyl (C=O) groups excluding carboxylic acids is 2. The number of hydrazone groups is 1. The summed E-state index contributed by atoms with van der Waals surface area (Å²) in [6.45, 7) is 6.55. The van der Waals surface area contributed by atoms with Crippen LogP contribution in [0.5, 0.6) is 0 Å². The van der Waals surface area contributed by atoms with Crippen LogP contribution >= 0.6 is 0 Å². The molecule has 1 saturated carbocycles. The number of esters is 1. The minimum Gasteiger partial charge on any atom is -0.461 e. The van der Waals surface area contributed by atoms with E-state index in [1.807, 2.05) is 35.2 Å². The quantitative estimate of drug-likeness (QED) is 0.699. The molecule has 1 aromatic carbocycles. The van der Waals surface area contributed by atoms with Crippen LogP contribution < -0.4 is 5.01 Å². The lowest BCUT2D eigenvalue weighted by molar-refractivity contribution is -0.135. The van der Waals surface area contributed by atoms with E-state index in [0.29, 0.717) is 12.3 Å². The van der Waals surface area contributed by atoms with Gasteiger partial charge >= 0.3 is 5.97 Å². The smallest absolute Gasteiger partial charge is 0.354 e. The molecule has 4 rings (SSSR count). The molecule has 1 saturated heterocycles. The maximum Gasteiger partial charge on any atom is 0.354 e. The molecule has 0 bridgehead atoms. The molecule has 0 radical (unpaired) electrons. The Morgan fingerprint density at radius 3 is 2.46 bits per heavy atom. The van der Waals surface area contributed by atoms with Gasteiger partial charge in [0.05, 0.1) is 12.3 Å². The summed E-state index contributed by atoms with van der Waals surface area (Å²) in [7, 11) is 0. The Morgan fingerprint density at radius 1 is 1.11 bits per heavy atom. The van der Waals surface area contributed by atoms with Crippen molar-refractivity contribution in [2.45, 2.75) is 32.2 Å². The molecule has 150 valence electrons. The molecule has 7 heteroatoms. The SMILES string of the molecule is CCOC(=O)C1=NN(c2ccccc2)C(C(=O)N2CCN(CC3CC3)CC2)C1. The van der Waals surface area contributed by atoms with E-state index >= 15 is 0 Å². The van der Waals surface area contributed by atoms with E-state index in [2.05, 4.69) is 10.0 Å². The summed E-state index contributed by atoms with van der Waals surface area (Å²) in [5.74, 6) is 0.470.